The monoisotopic (exact) mass is 298 g/mol. The van der Waals surface area contributed by atoms with Gasteiger partial charge in [0.15, 0.2) is 0 Å². The van der Waals surface area contributed by atoms with Crippen LogP contribution in [-0.2, 0) is 11.2 Å². The molecule has 5 heteroatoms. The summed E-state index contributed by atoms with van der Waals surface area (Å²) >= 11 is 0. The average molecular weight is 298 g/mol. The van der Waals surface area contributed by atoms with E-state index in [-0.39, 0.29) is 11.5 Å². The van der Waals surface area contributed by atoms with Crippen molar-refractivity contribution < 1.29 is 14.0 Å². The molecule has 0 bridgehead atoms. The van der Waals surface area contributed by atoms with Gasteiger partial charge in [0.2, 0.25) is 5.91 Å². The topological polar surface area (TPSA) is 49.4 Å². The lowest BCUT2D eigenvalue weighted by molar-refractivity contribution is -0.116. The molecule has 0 aliphatic carbocycles. The molecule has 1 aliphatic heterocycles. The third-order valence-corrected chi connectivity index (χ3v) is 3.73. The first kappa shape index (κ1) is 14.3. The molecule has 2 aromatic carbocycles. The highest BCUT2D eigenvalue weighted by molar-refractivity contribution is 6.04. The molecule has 3 rings (SSSR count). The Labute approximate surface area is 127 Å². The van der Waals surface area contributed by atoms with Gasteiger partial charge in [-0.2, -0.15) is 0 Å². The van der Waals surface area contributed by atoms with Gasteiger partial charge in [-0.15, -0.1) is 0 Å². The summed E-state index contributed by atoms with van der Waals surface area (Å²) in [5.74, 6) is -1.04. The van der Waals surface area contributed by atoms with E-state index >= 15 is 0 Å². The number of amides is 2. The predicted octanol–water partition coefficient (Wildman–Crippen LogP) is 2.99. The number of anilines is 2. The molecule has 0 saturated carbocycles. The minimum Gasteiger partial charge on any atom is -0.322 e. The van der Waals surface area contributed by atoms with Gasteiger partial charge in [0, 0.05) is 24.8 Å². The van der Waals surface area contributed by atoms with Gasteiger partial charge in [-0.3, -0.25) is 9.59 Å². The lowest BCUT2D eigenvalue weighted by Crippen LogP contribution is -2.25. The molecule has 0 unspecified atom stereocenters. The van der Waals surface area contributed by atoms with Crippen molar-refractivity contribution >= 4 is 23.2 Å². The van der Waals surface area contributed by atoms with Crippen molar-refractivity contribution in [1.82, 2.24) is 0 Å². The average Bonchev–Trinajstić information content (AvgIpc) is 2.91. The first-order chi connectivity index (χ1) is 10.6. The second-order valence-electron chi connectivity index (χ2n) is 5.20. The molecule has 2 aromatic rings. The van der Waals surface area contributed by atoms with E-state index in [1.807, 2.05) is 6.07 Å². The molecule has 1 heterocycles. The Morgan fingerprint density at radius 2 is 1.95 bits per heavy atom. The summed E-state index contributed by atoms with van der Waals surface area (Å²) in [7, 11) is 0. The highest BCUT2D eigenvalue weighted by atomic mass is 19.1. The Morgan fingerprint density at radius 1 is 1.18 bits per heavy atom. The zero-order valence-electron chi connectivity index (χ0n) is 12.1. The molecule has 0 atom stereocenters. The smallest absolute Gasteiger partial charge is 0.258 e. The predicted molar refractivity (Wildman–Crippen MR) is 82.5 cm³/mol. The molecular weight excluding hydrogens is 283 g/mol. The van der Waals surface area contributed by atoms with Crippen LogP contribution >= 0.6 is 0 Å². The lowest BCUT2D eigenvalue weighted by Gasteiger charge is -2.15. The summed E-state index contributed by atoms with van der Waals surface area (Å²) in [5.41, 5.74) is 2.48. The van der Waals surface area contributed by atoms with Gasteiger partial charge in [0.25, 0.3) is 5.91 Å². The summed E-state index contributed by atoms with van der Waals surface area (Å²) < 4.78 is 13.6. The van der Waals surface area contributed by atoms with Crippen LogP contribution in [-0.4, -0.2) is 18.4 Å². The molecule has 112 valence electrons. The van der Waals surface area contributed by atoms with Gasteiger partial charge >= 0.3 is 0 Å². The molecule has 0 saturated heterocycles. The van der Waals surface area contributed by atoms with Gasteiger partial charge < -0.3 is 10.2 Å². The van der Waals surface area contributed by atoms with E-state index in [2.05, 4.69) is 5.32 Å². The van der Waals surface area contributed by atoms with Gasteiger partial charge in [-0.05, 0) is 42.3 Å². The molecule has 0 aromatic heterocycles. The van der Waals surface area contributed by atoms with Crippen molar-refractivity contribution in [3.8, 4) is 0 Å². The number of carbonyl (C=O) groups excluding carboxylic acids is 2. The zero-order valence-corrected chi connectivity index (χ0v) is 12.1. The fourth-order valence-electron chi connectivity index (χ4n) is 2.65. The highest BCUT2D eigenvalue weighted by Crippen LogP contribution is 2.30. The van der Waals surface area contributed by atoms with Crippen LogP contribution in [0.3, 0.4) is 0 Å². The SMILES string of the molecule is CC(=O)N1CCc2cc(NC(=O)c3ccccc3F)ccc21. The largest absolute Gasteiger partial charge is 0.322 e. The molecule has 1 aliphatic rings. The molecule has 0 spiro atoms. The maximum atomic E-state index is 13.6. The van der Waals surface area contributed by atoms with E-state index in [0.29, 0.717) is 12.2 Å². The van der Waals surface area contributed by atoms with Gasteiger partial charge in [0.1, 0.15) is 5.82 Å². The van der Waals surface area contributed by atoms with Crippen LogP contribution in [0.1, 0.15) is 22.8 Å². The van der Waals surface area contributed by atoms with E-state index in [9.17, 15) is 14.0 Å². The van der Waals surface area contributed by atoms with E-state index in [0.717, 1.165) is 17.7 Å². The van der Waals surface area contributed by atoms with Crippen molar-refractivity contribution in [1.29, 1.82) is 0 Å². The lowest BCUT2D eigenvalue weighted by atomic mass is 10.1. The second kappa shape index (κ2) is 5.60. The number of fused-ring (bicyclic) bond motifs is 1. The van der Waals surface area contributed by atoms with Crippen LogP contribution in [0.2, 0.25) is 0 Å². The fraction of sp³-hybridized carbons (Fsp3) is 0.176. The van der Waals surface area contributed by atoms with E-state index in [4.69, 9.17) is 0 Å². The summed E-state index contributed by atoms with van der Waals surface area (Å²) in [4.78, 5) is 25.3. The molecule has 1 N–H and O–H groups in total. The van der Waals surface area contributed by atoms with E-state index in [1.54, 1.807) is 23.1 Å². The molecule has 22 heavy (non-hydrogen) atoms. The normalized spacial score (nSPS) is 12.9. The summed E-state index contributed by atoms with van der Waals surface area (Å²) in [6.07, 6.45) is 0.748. The Morgan fingerprint density at radius 3 is 2.68 bits per heavy atom. The first-order valence-corrected chi connectivity index (χ1v) is 7.03. The Balaban J connectivity index is 1.82. The standard InChI is InChI=1S/C17H15FN2O2/c1-11(21)20-9-8-12-10-13(6-7-16(12)20)19-17(22)14-4-2-3-5-15(14)18/h2-7,10H,8-9H2,1H3,(H,19,22). The van der Waals surface area contributed by atoms with Crippen molar-refractivity contribution in [3.05, 3.63) is 59.4 Å². The number of nitrogens with zero attached hydrogens (tertiary/aromatic N) is 1. The summed E-state index contributed by atoms with van der Waals surface area (Å²) in [6, 6.07) is 11.2. The second-order valence-corrected chi connectivity index (χ2v) is 5.20. The third-order valence-electron chi connectivity index (χ3n) is 3.73. The number of nitrogens with one attached hydrogen (secondary N) is 1. The number of carbonyl (C=O) groups is 2. The minimum absolute atomic E-state index is 0.00175. The van der Waals surface area contributed by atoms with Crippen molar-refractivity contribution in [3.63, 3.8) is 0 Å². The zero-order chi connectivity index (χ0) is 15.7. The highest BCUT2D eigenvalue weighted by Gasteiger charge is 2.22. The van der Waals surface area contributed by atoms with Gasteiger partial charge in [0.05, 0.1) is 5.56 Å². The molecule has 2 amide bonds. The number of benzene rings is 2. The summed E-state index contributed by atoms with van der Waals surface area (Å²) in [5, 5.41) is 2.69. The fourth-order valence-corrected chi connectivity index (χ4v) is 2.65. The quantitative estimate of drug-likeness (QED) is 0.926. The van der Waals surface area contributed by atoms with Crippen LogP contribution in [0.4, 0.5) is 15.8 Å². The Bertz CT molecular complexity index is 758. The van der Waals surface area contributed by atoms with Crippen LogP contribution in [0, 0.1) is 5.82 Å². The molecular formula is C17H15FN2O2. The molecule has 4 nitrogen and oxygen atoms in total. The van der Waals surface area contributed by atoms with Crippen molar-refractivity contribution in [2.75, 3.05) is 16.8 Å². The van der Waals surface area contributed by atoms with Crippen LogP contribution < -0.4 is 10.2 Å². The van der Waals surface area contributed by atoms with Crippen LogP contribution in [0.5, 0.6) is 0 Å². The van der Waals surface area contributed by atoms with Crippen molar-refractivity contribution in [2.24, 2.45) is 0 Å². The first-order valence-electron chi connectivity index (χ1n) is 7.03. The molecule has 0 radical (unpaired) electrons. The number of rotatable bonds is 2. The molecule has 0 fully saturated rings. The van der Waals surface area contributed by atoms with Crippen LogP contribution in [0.25, 0.3) is 0 Å². The van der Waals surface area contributed by atoms with Crippen molar-refractivity contribution in [2.45, 2.75) is 13.3 Å². The maximum absolute atomic E-state index is 13.6. The number of hydrogen-bond acceptors (Lipinski definition) is 2. The minimum atomic E-state index is -0.552. The Hall–Kier alpha value is -2.69. The van der Waals surface area contributed by atoms with E-state index in [1.165, 1.54) is 25.1 Å². The maximum Gasteiger partial charge on any atom is 0.258 e. The number of hydrogen-bond donors (Lipinski definition) is 1. The van der Waals surface area contributed by atoms with Gasteiger partial charge in [-0.25, -0.2) is 4.39 Å². The summed E-state index contributed by atoms with van der Waals surface area (Å²) in [6.45, 7) is 2.18. The van der Waals surface area contributed by atoms with Gasteiger partial charge in [-0.1, -0.05) is 12.1 Å². The van der Waals surface area contributed by atoms with Crippen LogP contribution in [0.15, 0.2) is 42.5 Å². The third kappa shape index (κ3) is 2.57. The number of halogens is 1. The Kier molecular flexibility index (Phi) is 3.63. The van der Waals surface area contributed by atoms with E-state index < -0.39 is 11.7 Å².